The van der Waals surface area contributed by atoms with Crippen molar-refractivity contribution in [3.63, 3.8) is 0 Å². The number of sulfonamides is 1. The van der Waals surface area contributed by atoms with Gasteiger partial charge in [0.05, 0.1) is 10.6 Å². The lowest BCUT2D eigenvalue weighted by Gasteiger charge is -2.19. The maximum atomic E-state index is 13.3. The highest BCUT2D eigenvalue weighted by molar-refractivity contribution is 7.89. The van der Waals surface area contributed by atoms with Gasteiger partial charge >= 0.3 is 6.09 Å². The Labute approximate surface area is 129 Å². The quantitative estimate of drug-likeness (QED) is 0.554. The summed E-state index contributed by atoms with van der Waals surface area (Å²) in [4.78, 5) is 11.1. The number of carbonyl (C=O) groups is 1. The van der Waals surface area contributed by atoms with Gasteiger partial charge in [0.15, 0.2) is 0 Å². The zero-order valence-electron chi connectivity index (χ0n) is 12.6. The Bertz CT molecular complexity index is 641. The molecule has 0 heterocycles. The van der Waals surface area contributed by atoms with Crippen LogP contribution in [0.3, 0.4) is 0 Å². The van der Waals surface area contributed by atoms with Gasteiger partial charge < -0.3 is 15.8 Å². The van der Waals surface area contributed by atoms with Crippen LogP contribution < -0.4 is 15.8 Å². The predicted octanol–water partition coefficient (Wildman–Crippen LogP) is 1.21. The van der Waals surface area contributed by atoms with Gasteiger partial charge in [-0.1, -0.05) is 0 Å². The molecule has 0 aliphatic heterocycles. The van der Waals surface area contributed by atoms with Crippen molar-refractivity contribution in [1.82, 2.24) is 10.0 Å². The average Bonchev–Trinajstić information content (AvgIpc) is 2.36. The normalized spacial score (nSPS) is 12.0. The molecule has 0 aliphatic carbocycles. The Morgan fingerprint density at radius 2 is 1.95 bits per heavy atom. The van der Waals surface area contributed by atoms with Gasteiger partial charge in [0.25, 0.3) is 0 Å². The Balaban J connectivity index is 2.50. The van der Waals surface area contributed by atoms with Crippen molar-refractivity contribution in [2.75, 3.05) is 18.8 Å². The van der Waals surface area contributed by atoms with Crippen LogP contribution in [0.25, 0.3) is 0 Å². The lowest BCUT2D eigenvalue weighted by atomic mass is 10.2. The summed E-state index contributed by atoms with van der Waals surface area (Å²) in [6.45, 7) is 5.11. The van der Waals surface area contributed by atoms with Crippen molar-refractivity contribution in [2.24, 2.45) is 0 Å². The van der Waals surface area contributed by atoms with E-state index in [9.17, 15) is 17.6 Å². The molecule has 124 valence electrons. The molecular weight excluding hydrogens is 313 g/mol. The fraction of sp³-hybridized carbons (Fsp3) is 0.462. The highest BCUT2D eigenvalue weighted by Crippen LogP contribution is 2.15. The van der Waals surface area contributed by atoms with Crippen LogP contribution in [0.4, 0.5) is 14.9 Å². The van der Waals surface area contributed by atoms with Crippen molar-refractivity contribution < 1.29 is 22.3 Å². The number of amides is 1. The summed E-state index contributed by atoms with van der Waals surface area (Å²) in [5.41, 5.74) is 4.52. The number of nitrogens with one attached hydrogen (secondary N) is 2. The molecule has 0 fully saturated rings. The van der Waals surface area contributed by atoms with Gasteiger partial charge in [0.1, 0.15) is 11.4 Å². The van der Waals surface area contributed by atoms with E-state index in [2.05, 4.69) is 10.0 Å². The molecule has 0 spiro atoms. The van der Waals surface area contributed by atoms with E-state index in [0.29, 0.717) is 0 Å². The first-order valence-electron chi connectivity index (χ1n) is 6.53. The SMILES string of the molecule is CC(C)(C)OC(=O)NCCNS(=O)(=O)c1ccc(N)c(F)c1. The van der Waals surface area contributed by atoms with Crippen LogP contribution in [0, 0.1) is 5.82 Å². The second kappa shape index (κ2) is 6.93. The van der Waals surface area contributed by atoms with E-state index in [1.807, 2.05) is 0 Å². The van der Waals surface area contributed by atoms with E-state index in [1.165, 1.54) is 12.1 Å². The van der Waals surface area contributed by atoms with Gasteiger partial charge in [-0.25, -0.2) is 22.3 Å². The van der Waals surface area contributed by atoms with Gasteiger partial charge in [-0.15, -0.1) is 0 Å². The van der Waals surface area contributed by atoms with E-state index in [4.69, 9.17) is 10.5 Å². The second-order valence-corrected chi connectivity index (χ2v) is 7.28. The standard InChI is InChI=1S/C13H20FN3O4S/c1-13(2,3)21-12(18)16-6-7-17-22(19,20)9-4-5-11(15)10(14)8-9/h4-5,8,17H,6-7,15H2,1-3H3,(H,16,18). The summed E-state index contributed by atoms with van der Waals surface area (Å²) in [6, 6.07) is 3.20. The molecule has 1 amide bonds. The molecule has 9 heteroatoms. The number of rotatable bonds is 5. The molecule has 0 atom stereocenters. The van der Waals surface area contributed by atoms with E-state index < -0.39 is 27.5 Å². The molecule has 0 saturated carbocycles. The minimum Gasteiger partial charge on any atom is -0.444 e. The molecule has 0 aromatic heterocycles. The van der Waals surface area contributed by atoms with Crippen LogP contribution in [-0.4, -0.2) is 33.2 Å². The largest absolute Gasteiger partial charge is 0.444 e. The highest BCUT2D eigenvalue weighted by atomic mass is 32.2. The van der Waals surface area contributed by atoms with E-state index in [-0.39, 0.29) is 23.7 Å². The Morgan fingerprint density at radius 3 is 2.50 bits per heavy atom. The Hall–Kier alpha value is -1.87. The summed E-state index contributed by atoms with van der Waals surface area (Å²) in [5, 5.41) is 2.40. The van der Waals surface area contributed by atoms with Gasteiger partial charge in [-0.3, -0.25) is 0 Å². The average molecular weight is 333 g/mol. The Kier molecular flexibility index (Phi) is 5.72. The van der Waals surface area contributed by atoms with E-state index >= 15 is 0 Å². The first-order chi connectivity index (χ1) is 10.0. The molecule has 0 unspecified atom stereocenters. The summed E-state index contributed by atoms with van der Waals surface area (Å²) >= 11 is 0. The van der Waals surface area contributed by atoms with Crippen LogP contribution in [0.15, 0.2) is 23.1 Å². The van der Waals surface area contributed by atoms with E-state index in [0.717, 1.165) is 6.07 Å². The fourth-order valence-electron chi connectivity index (χ4n) is 1.42. The molecule has 0 saturated heterocycles. The van der Waals surface area contributed by atoms with Crippen LogP contribution >= 0.6 is 0 Å². The molecule has 4 N–H and O–H groups in total. The number of hydrogen-bond acceptors (Lipinski definition) is 5. The number of carbonyl (C=O) groups excluding carboxylic acids is 1. The second-order valence-electron chi connectivity index (χ2n) is 5.51. The van der Waals surface area contributed by atoms with Crippen LogP contribution in [0.1, 0.15) is 20.8 Å². The lowest BCUT2D eigenvalue weighted by molar-refractivity contribution is 0.0529. The number of halogens is 1. The smallest absolute Gasteiger partial charge is 0.407 e. The van der Waals surface area contributed by atoms with Crippen LogP contribution in [0.5, 0.6) is 0 Å². The number of benzene rings is 1. The van der Waals surface area contributed by atoms with Crippen molar-refractivity contribution >= 4 is 21.8 Å². The predicted molar refractivity (Wildman–Crippen MR) is 80.2 cm³/mol. The number of alkyl carbamates (subject to hydrolysis) is 1. The summed E-state index contributed by atoms with van der Waals surface area (Å²) in [7, 11) is -3.87. The van der Waals surface area contributed by atoms with Gasteiger partial charge in [-0.2, -0.15) is 0 Å². The number of nitrogens with two attached hydrogens (primary N) is 1. The van der Waals surface area contributed by atoms with Crippen molar-refractivity contribution in [2.45, 2.75) is 31.3 Å². The monoisotopic (exact) mass is 333 g/mol. The molecule has 1 aromatic rings. The van der Waals surface area contributed by atoms with Crippen LogP contribution in [-0.2, 0) is 14.8 Å². The van der Waals surface area contributed by atoms with Crippen LogP contribution in [0.2, 0.25) is 0 Å². The molecule has 0 aliphatic rings. The first kappa shape index (κ1) is 18.2. The molecule has 0 radical (unpaired) electrons. The third-order valence-corrected chi connectivity index (χ3v) is 3.83. The van der Waals surface area contributed by atoms with Gasteiger partial charge in [-0.05, 0) is 39.0 Å². The fourth-order valence-corrected chi connectivity index (χ4v) is 2.47. The van der Waals surface area contributed by atoms with Crippen molar-refractivity contribution in [1.29, 1.82) is 0 Å². The van der Waals surface area contributed by atoms with E-state index in [1.54, 1.807) is 20.8 Å². The first-order valence-corrected chi connectivity index (χ1v) is 8.01. The summed E-state index contributed by atoms with van der Waals surface area (Å²) < 4.78 is 44.3. The molecule has 7 nitrogen and oxygen atoms in total. The minimum atomic E-state index is -3.87. The highest BCUT2D eigenvalue weighted by Gasteiger charge is 2.17. The topological polar surface area (TPSA) is 111 Å². The maximum Gasteiger partial charge on any atom is 0.407 e. The zero-order chi connectivity index (χ0) is 17.0. The summed E-state index contributed by atoms with van der Waals surface area (Å²) in [5.74, 6) is -0.810. The third-order valence-electron chi connectivity index (χ3n) is 2.37. The minimum absolute atomic E-state index is 0.0333. The number of anilines is 1. The van der Waals surface area contributed by atoms with Gasteiger partial charge in [0, 0.05) is 13.1 Å². The molecule has 1 rings (SSSR count). The lowest BCUT2D eigenvalue weighted by Crippen LogP contribution is -2.37. The van der Waals surface area contributed by atoms with Crippen molar-refractivity contribution in [3.8, 4) is 0 Å². The number of nitrogen functional groups attached to an aromatic ring is 1. The molecule has 0 bridgehead atoms. The number of hydrogen-bond donors (Lipinski definition) is 3. The molecular formula is C13H20FN3O4S. The zero-order valence-corrected chi connectivity index (χ0v) is 13.5. The maximum absolute atomic E-state index is 13.3. The van der Waals surface area contributed by atoms with Gasteiger partial charge in [0.2, 0.25) is 10.0 Å². The Morgan fingerprint density at radius 1 is 1.32 bits per heavy atom. The molecule has 1 aromatic carbocycles. The summed E-state index contributed by atoms with van der Waals surface area (Å²) in [6.07, 6.45) is -0.648. The molecule has 22 heavy (non-hydrogen) atoms. The third kappa shape index (κ3) is 5.86. The number of ether oxygens (including phenoxy) is 1. The van der Waals surface area contributed by atoms with Crippen molar-refractivity contribution in [3.05, 3.63) is 24.0 Å².